The van der Waals surface area contributed by atoms with Crippen molar-refractivity contribution in [3.63, 3.8) is 0 Å². The lowest BCUT2D eigenvalue weighted by Gasteiger charge is -2.20. The Bertz CT molecular complexity index is 511. The molecule has 1 aromatic heterocycles. The van der Waals surface area contributed by atoms with Crippen LogP contribution in [-0.4, -0.2) is 15.1 Å². The van der Waals surface area contributed by atoms with Gasteiger partial charge < -0.3 is 10.3 Å². The van der Waals surface area contributed by atoms with Crippen LogP contribution in [0.5, 0.6) is 0 Å². The molecule has 90 valence electrons. The van der Waals surface area contributed by atoms with Gasteiger partial charge in [-0.1, -0.05) is 28.1 Å². The zero-order valence-electron chi connectivity index (χ0n) is 10.0. The summed E-state index contributed by atoms with van der Waals surface area (Å²) in [4.78, 5) is 4.20. The molecule has 4 heteroatoms. The van der Waals surface area contributed by atoms with E-state index in [4.69, 9.17) is 5.73 Å². The van der Waals surface area contributed by atoms with Gasteiger partial charge in [-0.15, -0.1) is 0 Å². The van der Waals surface area contributed by atoms with Crippen LogP contribution in [0.25, 0.3) is 11.3 Å². The van der Waals surface area contributed by atoms with Gasteiger partial charge in [-0.25, -0.2) is 4.98 Å². The molecular weight excluding hydrogens is 278 g/mol. The van der Waals surface area contributed by atoms with Crippen molar-refractivity contribution in [3.05, 3.63) is 41.3 Å². The molecule has 2 aromatic rings. The fraction of sp³-hybridized carbons (Fsp3) is 0.308. The molecule has 0 aliphatic rings. The fourth-order valence-corrected chi connectivity index (χ4v) is 2.17. The van der Waals surface area contributed by atoms with Crippen molar-refractivity contribution in [2.75, 3.05) is 0 Å². The molecule has 0 atom stereocenters. The number of nitrogens with zero attached hydrogens (tertiary/aromatic N) is 2. The Morgan fingerprint density at radius 2 is 2.18 bits per heavy atom. The fourth-order valence-electron chi connectivity index (χ4n) is 1.77. The number of hydrogen-bond donors (Lipinski definition) is 1. The minimum Gasteiger partial charge on any atom is -0.329 e. The van der Waals surface area contributed by atoms with Crippen molar-refractivity contribution in [3.8, 4) is 11.3 Å². The Labute approximate surface area is 110 Å². The van der Waals surface area contributed by atoms with Gasteiger partial charge in [0.2, 0.25) is 0 Å². The lowest BCUT2D eigenvalue weighted by Crippen LogP contribution is -2.37. The third kappa shape index (κ3) is 3.17. The first-order chi connectivity index (χ1) is 7.96. The number of imidazole rings is 1. The largest absolute Gasteiger partial charge is 0.329 e. The summed E-state index contributed by atoms with van der Waals surface area (Å²) in [6, 6.07) is 8.18. The summed E-state index contributed by atoms with van der Waals surface area (Å²) >= 11 is 3.48. The maximum absolute atomic E-state index is 6.05. The van der Waals surface area contributed by atoms with Crippen LogP contribution in [-0.2, 0) is 6.54 Å². The van der Waals surface area contributed by atoms with E-state index < -0.39 is 0 Å². The summed E-state index contributed by atoms with van der Waals surface area (Å²) in [6.45, 7) is 4.77. The van der Waals surface area contributed by atoms with Crippen molar-refractivity contribution in [2.24, 2.45) is 5.73 Å². The highest BCUT2D eigenvalue weighted by molar-refractivity contribution is 9.10. The van der Waals surface area contributed by atoms with E-state index in [1.54, 1.807) is 0 Å². The summed E-state index contributed by atoms with van der Waals surface area (Å²) in [6.07, 6.45) is 3.69. The highest BCUT2D eigenvalue weighted by Gasteiger charge is 2.14. The maximum atomic E-state index is 6.05. The van der Waals surface area contributed by atoms with Crippen LogP contribution in [0.2, 0.25) is 0 Å². The first-order valence-electron chi connectivity index (χ1n) is 5.51. The first kappa shape index (κ1) is 12.3. The number of aromatic nitrogens is 2. The molecule has 0 spiro atoms. The van der Waals surface area contributed by atoms with Gasteiger partial charge in [-0.2, -0.15) is 0 Å². The van der Waals surface area contributed by atoms with E-state index in [0.29, 0.717) is 0 Å². The van der Waals surface area contributed by atoms with Crippen molar-refractivity contribution in [1.29, 1.82) is 0 Å². The van der Waals surface area contributed by atoms with Crippen molar-refractivity contribution >= 4 is 15.9 Å². The van der Waals surface area contributed by atoms with Crippen LogP contribution in [0.1, 0.15) is 13.8 Å². The van der Waals surface area contributed by atoms with Crippen LogP contribution in [0.3, 0.4) is 0 Å². The Balaban J connectivity index is 2.37. The number of nitrogens with two attached hydrogens (primary N) is 1. The minimum absolute atomic E-state index is 0.249. The maximum Gasteiger partial charge on any atom is 0.0951 e. The van der Waals surface area contributed by atoms with Gasteiger partial charge >= 0.3 is 0 Å². The average Bonchev–Trinajstić information content (AvgIpc) is 2.63. The van der Waals surface area contributed by atoms with E-state index >= 15 is 0 Å². The predicted molar refractivity (Wildman–Crippen MR) is 73.6 cm³/mol. The highest BCUT2D eigenvalue weighted by Crippen LogP contribution is 2.23. The smallest absolute Gasteiger partial charge is 0.0951 e. The highest BCUT2D eigenvalue weighted by atomic mass is 79.9. The Hall–Kier alpha value is -1.13. The van der Waals surface area contributed by atoms with E-state index in [1.165, 1.54) is 0 Å². The molecule has 0 fully saturated rings. The summed E-state index contributed by atoms with van der Waals surface area (Å²) in [5.41, 5.74) is 8.02. The van der Waals surface area contributed by atoms with Crippen LogP contribution in [0, 0.1) is 0 Å². The van der Waals surface area contributed by atoms with Gasteiger partial charge in [0.1, 0.15) is 0 Å². The lowest BCUT2D eigenvalue weighted by atomic mass is 10.1. The number of hydrogen-bond acceptors (Lipinski definition) is 2. The van der Waals surface area contributed by atoms with E-state index in [0.717, 1.165) is 22.3 Å². The molecule has 0 bridgehead atoms. The second-order valence-corrected chi connectivity index (χ2v) is 5.82. The third-order valence-electron chi connectivity index (χ3n) is 2.41. The van der Waals surface area contributed by atoms with Crippen LogP contribution < -0.4 is 5.73 Å². The Morgan fingerprint density at radius 1 is 1.41 bits per heavy atom. The molecule has 0 saturated heterocycles. The molecule has 0 amide bonds. The normalized spacial score (nSPS) is 11.8. The topological polar surface area (TPSA) is 43.8 Å². The summed E-state index contributed by atoms with van der Waals surface area (Å²) in [7, 11) is 0. The quantitative estimate of drug-likeness (QED) is 0.945. The Kier molecular flexibility index (Phi) is 3.35. The molecule has 0 aliphatic carbocycles. The summed E-state index contributed by atoms with van der Waals surface area (Å²) < 4.78 is 3.15. The van der Waals surface area contributed by atoms with E-state index in [2.05, 4.69) is 37.6 Å². The number of halogens is 1. The van der Waals surface area contributed by atoms with Gasteiger partial charge in [-0.05, 0) is 26.0 Å². The molecule has 2 rings (SSSR count). The molecule has 1 aromatic carbocycles. The van der Waals surface area contributed by atoms with Crippen LogP contribution in [0.4, 0.5) is 0 Å². The standard InChI is InChI=1S/C13H16BrN3/c1-13(2,15)8-17-9-16-7-12(17)10-4-3-5-11(14)6-10/h3-7,9H,8,15H2,1-2H3. The summed E-state index contributed by atoms with van der Waals surface area (Å²) in [5.74, 6) is 0. The van der Waals surface area contributed by atoms with Crippen LogP contribution >= 0.6 is 15.9 Å². The molecule has 2 N–H and O–H groups in total. The molecule has 1 heterocycles. The second kappa shape index (κ2) is 4.63. The molecule has 0 saturated carbocycles. The zero-order valence-corrected chi connectivity index (χ0v) is 11.6. The van der Waals surface area contributed by atoms with Crippen molar-refractivity contribution < 1.29 is 0 Å². The molecular formula is C13H16BrN3. The third-order valence-corrected chi connectivity index (χ3v) is 2.90. The summed E-state index contributed by atoms with van der Waals surface area (Å²) in [5, 5.41) is 0. The van der Waals surface area contributed by atoms with Gasteiger partial charge in [0, 0.05) is 22.1 Å². The number of benzene rings is 1. The van der Waals surface area contributed by atoms with Gasteiger partial charge in [-0.3, -0.25) is 0 Å². The van der Waals surface area contributed by atoms with E-state index in [9.17, 15) is 0 Å². The van der Waals surface area contributed by atoms with Crippen molar-refractivity contribution in [2.45, 2.75) is 25.9 Å². The molecule has 3 nitrogen and oxygen atoms in total. The van der Waals surface area contributed by atoms with E-state index in [1.807, 2.05) is 38.5 Å². The minimum atomic E-state index is -0.249. The lowest BCUT2D eigenvalue weighted by molar-refractivity contribution is 0.436. The predicted octanol–water partition coefficient (Wildman–Crippen LogP) is 3.05. The van der Waals surface area contributed by atoms with Crippen LogP contribution in [0.15, 0.2) is 41.3 Å². The van der Waals surface area contributed by atoms with Gasteiger partial charge in [0.05, 0.1) is 18.2 Å². The first-order valence-corrected chi connectivity index (χ1v) is 6.30. The molecule has 0 aliphatic heterocycles. The van der Waals surface area contributed by atoms with Crippen molar-refractivity contribution in [1.82, 2.24) is 9.55 Å². The van der Waals surface area contributed by atoms with E-state index in [-0.39, 0.29) is 5.54 Å². The molecule has 0 radical (unpaired) electrons. The Morgan fingerprint density at radius 3 is 2.82 bits per heavy atom. The van der Waals surface area contributed by atoms with Gasteiger partial charge in [0.15, 0.2) is 0 Å². The second-order valence-electron chi connectivity index (χ2n) is 4.91. The monoisotopic (exact) mass is 293 g/mol. The molecule has 0 unspecified atom stereocenters. The number of rotatable bonds is 3. The average molecular weight is 294 g/mol. The SMILES string of the molecule is CC(C)(N)Cn1cncc1-c1cccc(Br)c1. The molecule has 17 heavy (non-hydrogen) atoms. The zero-order chi connectivity index (χ0) is 12.5. The van der Waals surface area contributed by atoms with Gasteiger partial charge in [0.25, 0.3) is 0 Å².